The average Bonchev–Trinajstić information content (AvgIpc) is 2.44. The molecule has 1 fully saturated rings. The van der Waals surface area contributed by atoms with Crippen LogP contribution in [0.15, 0.2) is 0 Å². The Morgan fingerprint density at radius 3 is 2.62 bits per heavy atom. The molecule has 2 atom stereocenters. The fourth-order valence-corrected chi connectivity index (χ4v) is 1.74. The predicted octanol–water partition coefficient (Wildman–Crippen LogP) is 1.58. The van der Waals surface area contributed by atoms with Gasteiger partial charge in [0.25, 0.3) is 0 Å². The Labute approximate surface area is 63.6 Å². The molecule has 1 saturated carbocycles. The standard InChI is InChI=1S/C6H11IO/c1-2-6(7)3-5(6)4-8/h5,8H,2-4H2,1H3/t5-,6-/m1/s1. The summed E-state index contributed by atoms with van der Waals surface area (Å²) in [4.78, 5) is 0. The fourth-order valence-electron chi connectivity index (χ4n) is 1.01. The van der Waals surface area contributed by atoms with Crippen LogP contribution in [0.4, 0.5) is 0 Å². The molecule has 0 saturated heterocycles. The molecular weight excluding hydrogens is 215 g/mol. The van der Waals surface area contributed by atoms with Crippen molar-refractivity contribution in [3.63, 3.8) is 0 Å². The highest BCUT2D eigenvalue weighted by atomic mass is 127. The van der Waals surface area contributed by atoms with Crippen molar-refractivity contribution in [2.24, 2.45) is 5.92 Å². The zero-order chi connectivity index (χ0) is 6.20. The summed E-state index contributed by atoms with van der Waals surface area (Å²) in [7, 11) is 0. The van der Waals surface area contributed by atoms with Crippen LogP contribution in [0.25, 0.3) is 0 Å². The van der Waals surface area contributed by atoms with Gasteiger partial charge in [0.15, 0.2) is 0 Å². The lowest BCUT2D eigenvalue weighted by Crippen LogP contribution is -2.01. The summed E-state index contributed by atoms with van der Waals surface area (Å²) in [6, 6.07) is 0. The minimum absolute atomic E-state index is 0.386. The van der Waals surface area contributed by atoms with Crippen molar-refractivity contribution in [2.45, 2.75) is 23.2 Å². The van der Waals surface area contributed by atoms with E-state index in [4.69, 9.17) is 5.11 Å². The maximum Gasteiger partial charge on any atom is 0.0472 e. The van der Waals surface area contributed by atoms with Gasteiger partial charge in [0.2, 0.25) is 0 Å². The second kappa shape index (κ2) is 2.14. The minimum atomic E-state index is 0.386. The zero-order valence-electron chi connectivity index (χ0n) is 5.02. The van der Waals surface area contributed by atoms with Crippen LogP contribution in [0.3, 0.4) is 0 Å². The Hall–Kier alpha value is 0.690. The van der Waals surface area contributed by atoms with Crippen molar-refractivity contribution >= 4 is 22.6 Å². The molecular formula is C6H11IO. The molecule has 0 unspecified atom stereocenters. The van der Waals surface area contributed by atoms with E-state index in [1.165, 1.54) is 12.8 Å². The Balaban J connectivity index is 2.31. The Morgan fingerprint density at radius 1 is 1.88 bits per heavy atom. The number of hydrogen-bond donors (Lipinski definition) is 1. The van der Waals surface area contributed by atoms with Gasteiger partial charge in [-0.25, -0.2) is 0 Å². The van der Waals surface area contributed by atoms with Crippen LogP contribution >= 0.6 is 22.6 Å². The highest BCUT2D eigenvalue weighted by Gasteiger charge is 2.49. The number of aliphatic hydroxyl groups excluding tert-OH is 1. The quantitative estimate of drug-likeness (QED) is 0.559. The maximum absolute atomic E-state index is 8.67. The van der Waals surface area contributed by atoms with E-state index in [-0.39, 0.29) is 0 Å². The summed E-state index contributed by atoms with van der Waals surface area (Å²) in [5, 5.41) is 8.67. The van der Waals surface area contributed by atoms with Gasteiger partial charge in [-0.3, -0.25) is 0 Å². The molecule has 1 aliphatic rings. The van der Waals surface area contributed by atoms with Crippen molar-refractivity contribution in [3.05, 3.63) is 0 Å². The van der Waals surface area contributed by atoms with E-state index < -0.39 is 0 Å². The van der Waals surface area contributed by atoms with Crippen LogP contribution in [0.5, 0.6) is 0 Å². The smallest absolute Gasteiger partial charge is 0.0472 e. The van der Waals surface area contributed by atoms with Crippen LogP contribution in [0.2, 0.25) is 0 Å². The van der Waals surface area contributed by atoms with E-state index in [1.54, 1.807) is 0 Å². The monoisotopic (exact) mass is 226 g/mol. The van der Waals surface area contributed by atoms with Gasteiger partial charge in [-0.1, -0.05) is 29.5 Å². The van der Waals surface area contributed by atoms with Crippen LogP contribution in [-0.4, -0.2) is 15.1 Å². The van der Waals surface area contributed by atoms with Crippen molar-refractivity contribution in [1.82, 2.24) is 0 Å². The van der Waals surface area contributed by atoms with Gasteiger partial charge in [0, 0.05) is 10.0 Å². The largest absolute Gasteiger partial charge is 0.396 e. The molecule has 0 heterocycles. The van der Waals surface area contributed by atoms with Gasteiger partial charge >= 0.3 is 0 Å². The lowest BCUT2D eigenvalue weighted by molar-refractivity contribution is 0.272. The van der Waals surface area contributed by atoms with E-state index in [0.29, 0.717) is 15.9 Å². The Morgan fingerprint density at radius 2 is 2.50 bits per heavy atom. The van der Waals surface area contributed by atoms with E-state index in [9.17, 15) is 0 Å². The number of hydrogen-bond acceptors (Lipinski definition) is 1. The summed E-state index contributed by atoms with van der Waals surface area (Å²) in [5.41, 5.74) is 0. The van der Waals surface area contributed by atoms with Crippen LogP contribution in [0.1, 0.15) is 19.8 Å². The van der Waals surface area contributed by atoms with Gasteiger partial charge in [0.1, 0.15) is 0 Å². The zero-order valence-corrected chi connectivity index (χ0v) is 7.18. The highest BCUT2D eigenvalue weighted by molar-refractivity contribution is 14.1. The van der Waals surface area contributed by atoms with Crippen molar-refractivity contribution in [3.8, 4) is 0 Å². The third kappa shape index (κ3) is 1.00. The summed E-state index contributed by atoms with van der Waals surface area (Å²) < 4.78 is 0.479. The second-order valence-corrected chi connectivity index (χ2v) is 4.62. The number of aliphatic hydroxyl groups is 1. The third-order valence-corrected chi connectivity index (χ3v) is 4.05. The van der Waals surface area contributed by atoms with E-state index in [2.05, 4.69) is 29.5 Å². The predicted molar refractivity (Wildman–Crippen MR) is 42.2 cm³/mol. The molecule has 0 bridgehead atoms. The van der Waals surface area contributed by atoms with E-state index in [1.807, 2.05) is 0 Å². The Kier molecular flexibility index (Phi) is 1.82. The third-order valence-electron chi connectivity index (χ3n) is 1.97. The highest BCUT2D eigenvalue weighted by Crippen LogP contribution is 2.53. The van der Waals surface area contributed by atoms with E-state index in [0.717, 1.165) is 0 Å². The molecule has 0 aliphatic heterocycles. The van der Waals surface area contributed by atoms with Crippen LogP contribution < -0.4 is 0 Å². The molecule has 0 spiro atoms. The summed E-state index contributed by atoms with van der Waals surface area (Å²) in [6.07, 6.45) is 2.43. The number of alkyl halides is 1. The molecule has 2 heteroatoms. The van der Waals surface area contributed by atoms with Gasteiger partial charge in [-0.05, 0) is 18.8 Å². The first-order valence-corrected chi connectivity index (χ1v) is 4.10. The molecule has 1 rings (SSSR count). The van der Waals surface area contributed by atoms with Gasteiger partial charge in [0.05, 0.1) is 0 Å². The molecule has 48 valence electrons. The first-order chi connectivity index (χ1) is 3.73. The molecule has 1 aliphatic carbocycles. The molecule has 0 radical (unpaired) electrons. The van der Waals surface area contributed by atoms with Crippen LogP contribution in [0, 0.1) is 5.92 Å². The SMILES string of the molecule is CC[C@@]1(I)C[C@@H]1CO. The number of rotatable bonds is 2. The summed E-state index contributed by atoms with van der Waals surface area (Å²) in [6.45, 7) is 2.57. The number of halogens is 1. The fraction of sp³-hybridized carbons (Fsp3) is 1.00. The lowest BCUT2D eigenvalue weighted by Gasteiger charge is -2.00. The topological polar surface area (TPSA) is 20.2 Å². The van der Waals surface area contributed by atoms with Gasteiger partial charge < -0.3 is 5.11 Å². The summed E-state index contributed by atoms with van der Waals surface area (Å²) in [5.74, 6) is 0.605. The van der Waals surface area contributed by atoms with Gasteiger partial charge in [-0.15, -0.1) is 0 Å². The Bertz CT molecular complexity index is 94.5. The molecule has 0 amide bonds. The first-order valence-electron chi connectivity index (χ1n) is 3.02. The molecule has 1 nitrogen and oxygen atoms in total. The molecule has 8 heavy (non-hydrogen) atoms. The first kappa shape index (κ1) is 6.81. The summed E-state index contributed by atoms with van der Waals surface area (Å²) >= 11 is 2.45. The van der Waals surface area contributed by atoms with Gasteiger partial charge in [-0.2, -0.15) is 0 Å². The van der Waals surface area contributed by atoms with Crippen molar-refractivity contribution in [1.29, 1.82) is 0 Å². The molecule has 0 aromatic carbocycles. The molecule has 1 N–H and O–H groups in total. The second-order valence-electron chi connectivity index (χ2n) is 2.47. The molecule has 0 aromatic heterocycles. The van der Waals surface area contributed by atoms with E-state index >= 15 is 0 Å². The lowest BCUT2D eigenvalue weighted by atomic mass is 10.3. The van der Waals surface area contributed by atoms with Crippen molar-refractivity contribution in [2.75, 3.05) is 6.61 Å². The maximum atomic E-state index is 8.67. The van der Waals surface area contributed by atoms with Crippen LogP contribution in [-0.2, 0) is 0 Å². The van der Waals surface area contributed by atoms with Crippen molar-refractivity contribution < 1.29 is 5.11 Å². The molecule has 0 aromatic rings. The average molecular weight is 226 g/mol. The minimum Gasteiger partial charge on any atom is -0.396 e. The normalized spacial score (nSPS) is 44.6.